The number of carboxylic acids is 1. The largest absolute Gasteiger partial charge is 0.496 e. The highest BCUT2D eigenvalue weighted by Gasteiger charge is 2.58. The van der Waals surface area contributed by atoms with Gasteiger partial charge in [-0.25, -0.2) is 0 Å². The summed E-state index contributed by atoms with van der Waals surface area (Å²) < 4.78 is 5.46. The lowest BCUT2D eigenvalue weighted by molar-refractivity contribution is -0.150. The number of likely N-dealkylation sites (tertiary alicyclic amines) is 1. The molecule has 0 unspecified atom stereocenters. The van der Waals surface area contributed by atoms with Crippen LogP contribution in [0.1, 0.15) is 49.7 Å². The SMILES string of the molecule is COc1cc(C2(C(=O)N3C[C@@H]4CCC[C@@]4(C(=O)O)C3)CCC2)ccc1C. The van der Waals surface area contributed by atoms with E-state index in [2.05, 4.69) is 0 Å². The van der Waals surface area contributed by atoms with Gasteiger partial charge in [0, 0.05) is 13.1 Å². The fourth-order valence-corrected chi connectivity index (χ4v) is 5.37. The predicted octanol–water partition coefficient (Wildman–Crippen LogP) is 3.14. The number of aliphatic carboxylic acids is 1. The number of nitrogens with zero attached hydrogens (tertiary/aromatic N) is 1. The van der Waals surface area contributed by atoms with Crippen molar-refractivity contribution in [3.05, 3.63) is 29.3 Å². The Morgan fingerprint density at radius 2 is 2.00 bits per heavy atom. The van der Waals surface area contributed by atoms with Crippen molar-refractivity contribution in [3.63, 3.8) is 0 Å². The molecule has 1 aromatic rings. The van der Waals surface area contributed by atoms with Gasteiger partial charge in [0.05, 0.1) is 17.9 Å². The third-order valence-electron chi connectivity index (χ3n) is 7.16. The van der Waals surface area contributed by atoms with Crippen LogP contribution in [-0.2, 0) is 15.0 Å². The molecule has 5 nitrogen and oxygen atoms in total. The van der Waals surface area contributed by atoms with Gasteiger partial charge in [-0.2, -0.15) is 0 Å². The first-order valence-corrected chi connectivity index (χ1v) is 9.61. The molecule has 3 fully saturated rings. The topological polar surface area (TPSA) is 66.8 Å². The Morgan fingerprint density at radius 3 is 2.58 bits per heavy atom. The zero-order valence-electron chi connectivity index (χ0n) is 15.6. The highest BCUT2D eigenvalue weighted by Crippen LogP contribution is 2.52. The molecule has 1 N–H and O–H groups in total. The summed E-state index contributed by atoms with van der Waals surface area (Å²) in [4.78, 5) is 27.3. The molecule has 0 radical (unpaired) electrons. The molecule has 5 heteroatoms. The molecule has 2 atom stereocenters. The second-order valence-corrected chi connectivity index (χ2v) is 8.36. The third kappa shape index (κ3) is 2.29. The van der Waals surface area contributed by atoms with Crippen molar-refractivity contribution in [2.24, 2.45) is 11.3 Å². The molecule has 1 heterocycles. The lowest BCUT2D eigenvalue weighted by atomic mass is 9.63. The zero-order chi connectivity index (χ0) is 18.5. The van der Waals surface area contributed by atoms with Crippen molar-refractivity contribution < 1.29 is 19.4 Å². The molecular weight excluding hydrogens is 330 g/mol. The molecule has 0 spiro atoms. The minimum Gasteiger partial charge on any atom is -0.496 e. The van der Waals surface area contributed by atoms with Crippen molar-refractivity contribution in [3.8, 4) is 5.75 Å². The predicted molar refractivity (Wildman–Crippen MR) is 97.2 cm³/mol. The van der Waals surface area contributed by atoms with Crippen LogP contribution in [0.25, 0.3) is 0 Å². The molecule has 3 aliphatic rings. The quantitative estimate of drug-likeness (QED) is 0.899. The van der Waals surface area contributed by atoms with E-state index in [-0.39, 0.29) is 11.8 Å². The summed E-state index contributed by atoms with van der Waals surface area (Å²) in [6.07, 6.45) is 5.27. The molecular formula is C21H27NO4. The first-order valence-electron chi connectivity index (χ1n) is 9.61. The van der Waals surface area contributed by atoms with Gasteiger partial charge in [0.15, 0.2) is 0 Å². The fraction of sp³-hybridized carbons (Fsp3) is 0.619. The van der Waals surface area contributed by atoms with Crippen LogP contribution in [0.15, 0.2) is 18.2 Å². The number of amides is 1. The Labute approximate surface area is 154 Å². The summed E-state index contributed by atoms with van der Waals surface area (Å²) in [7, 11) is 1.65. The van der Waals surface area contributed by atoms with Gasteiger partial charge in [-0.05, 0) is 55.7 Å². The molecule has 1 saturated heterocycles. The maximum atomic E-state index is 13.5. The fourth-order valence-electron chi connectivity index (χ4n) is 5.37. The summed E-state index contributed by atoms with van der Waals surface area (Å²) >= 11 is 0. The van der Waals surface area contributed by atoms with Crippen LogP contribution in [0.3, 0.4) is 0 Å². The molecule has 26 heavy (non-hydrogen) atoms. The number of hydrogen-bond acceptors (Lipinski definition) is 3. The van der Waals surface area contributed by atoms with Crippen molar-refractivity contribution in [1.82, 2.24) is 4.90 Å². The van der Waals surface area contributed by atoms with E-state index in [0.717, 1.165) is 49.0 Å². The van der Waals surface area contributed by atoms with Crippen LogP contribution in [0.4, 0.5) is 0 Å². The average molecular weight is 357 g/mol. The van der Waals surface area contributed by atoms with E-state index in [1.807, 2.05) is 30.0 Å². The third-order valence-corrected chi connectivity index (χ3v) is 7.16. The van der Waals surface area contributed by atoms with Gasteiger partial charge in [-0.3, -0.25) is 9.59 Å². The van der Waals surface area contributed by atoms with Gasteiger partial charge in [0.1, 0.15) is 5.75 Å². The first kappa shape index (κ1) is 17.4. The summed E-state index contributed by atoms with van der Waals surface area (Å²) in [5.74, 6) is 0.301. The summed E-state index contributed by atoms with van der Waals surface area (Å²) in [5.41, 5.74) is 0.849. The maximum Gasteiger partial charge on any atom is 0.311 e. The van der Waals surface area contributed by atoms with Crippen molar-refractivity contribution in [2.45, 2.75) is 50.9 Å². The van der Waals surface area contributed by atoms with E-state index in [1.54, 1.807) is 7.11 Å². The van der Waals surface area contributed by atoms with Crippen LogP contribution in [0.2, 0.25) is 0 Å². The van der Waals surface area contributed by atoms with Crippen LogP contribution in [0.5, 0.6) is 5.75 Å². The molecule has 0 aromatic heterocycles. The van der Waals surface area contributed by atoms with Crippen molar-refractivity contribution >= 4 is 11.9 Å². The number of carboxylic acid groups (broad SMARTS) is 1. The van der Waals surface area contributed by atoms with Crippen LogP contribution >= 0.6 is 0 Å². The van der Waals surface area contributed by atoms with Gasteiger partial charge >= 0.3 is 5.97 Å². The van der Waals surface area contributed by atoms with Crippen LogP contribution < -0.4 is 4.74 Å². The van der Waals surface area contributed by atoms with E-state index in [4.69, 9.17) is 4.74 Å². The van der Waals surface area contributed by atoms with Gasteiger partial charge in [-0.15, -0.1) is 0 Å². The second kappa shape index (κ2) is 6.00. The van der Waals surface area contributed by atoms with Crippen molar-refractivity contribution in [1.29, 1.82) is 0 Å². The Kier molecular flexibility index (Phi) is 4.01. The van der Waals surface area contributed by atoms with Gasteiger partial charge in [0.2, 0.25) is 5.91 Å². The Balaban J connectivity index is 1.64. The van der Waals surface area contributed by atoms with E-state index < -0.39 is 16.8 Å². The number of carbonyl (C=O) groups excluding carboxylic acids is 1. The molecule has 0 bridgehead atoms. The van der Waals surface area contributed by atoms with Gasteiger partial charge in [-0.1, -0.05) is 25.0 Å². The maximum absolute atomic E-state index is 13.5. The highest BCUT2D eigenvalue weighted by molar-refractivity contribution is 5.91. The number of methoxy groups -OCH3 is 1. The normalized spacial score (nSPS) is 29.2. The Hall–Kier alpha value is -2.04. The van der Waals surface area contributed by atoms with Crippen molar-refractivity contribution in [2.75, 3.05) is 20.2 Å². The number of rotatable bonds is 4. The van der Waals surface area contributed by atoms with Gasteiger partial charge in [0.25, 0.3) is 0 Å². The molecule has 2 aliphatic carbocycles. The molecule has 1 amide bonds. The Morgan fingerprint density at radius 1 is 1.23 bits per heavy atom. The number of carbonyl (C=O) groups is 2. The van der Waals surface area contributed by atoms with E-state index in [0.29, 0.717) is 19.5 Å². The highest BCUT2D eigenvalue weighted by atomic mass is 16.5. The van der Waals surface area contributed by atoms with E-state index >= 15 is 0 Å². The average Bonchev–Trinajstić information content (AvgIpc) is 3.13. The molecule has 4 rings (SSSR count). The summed E-state index contributed by atoms with van der Waals surface area (Å²) in [5, 5.41) is 9.81. The monoisotopic (exact) mass is 357 g/mol. The molecule has 1 aliphatic heterocycles. The summed E-state index contributed by atoms with van der Waals surface area (Å²) in [6.45, 7) is 2.96. The van der Waals surface area contributed by atoms with E-state index in [9.17, 15) is 14.7 Å². The number of fused-ring (bicyclic) bond motifs is 1. The van der Waals surface area contributed by atoms with Crippen LogP contribution in [0, 0.1) is 18.3 Å². The lowest BCUT2D eigenvalue weighted by Crippen LogP contribution is -2.51. The second-order valence-electron chi connectivity index (χ2n) is 8.36. The number of benzene rings is 1. The molecule has 2 saturated carbocycles. The molecule has 1 aromatic carbocycles. The number of aryl methyl sites for hydroxylation is 1. The number of ether oxygens (including phenoxy) is 1. The Bertz CT molecular complexity index is 754. The van der Waals surface area contributed by atoms with E-state index in [1.165, 1.54) is 0 Å². The first-order chi connectivity index (χ1) is 12.4. The van der Waals surface area contributed by atoms with Gasteiger partial charge < -0.3 is 14.7 Å². The zero-order valence-corrected chi connectivity index (χ0v) is 15.6. The standard InChI is InChI=1S/C21H27NO4/c1-14-6-7-15(11-17(14)26-2)20(9-4-10-20)18(23)22-12-16-5-3-8-21(16,13-22)19(24)25/h6-7,11,16H,3-5,8-10,12-13H2,1-2H3,(H,24,25)/t16-,21+/m0/s1. The molecule has 140 valence electrons. The lowest BCUT2D eigenvalue weighted by Gasteiger charge is -2.43. The minimum absolute atomic E-state index is 0.105. The number of hydrogen-bond donors (Lipinski definition) is 1. The minimum atomic E-state index is -0.727. The summed E-state index contributed by atoms with van der Waals surface area (Å²) in [6, 6.07) is 6.05. The smallest absolute Gasteiger partial charge is 0.311 e. The van der Waals surface area contributed by atoms with Crippen LogP contribution in [-0.4, -0.2) is 42.1 Å².